The zero-order valence-corrected chi connectivity index (χ0v) is 18.2. The van der Waals surface area contributed by atoms with Gasteiger partial charge in [-0.2, -0.15) is 0 Å². The third-order valence-corrected chi connectivity index (χ3v) is 6.14. The molecule has 0 aliphatic rings. The van der Waals surface area contributed by atoms with Gasteiger partial charge in [0, 0.05) is 11.6 Å². The van der Waals surface area contributed by atoms with Crippen LogP contribution in [0.3, 0.4) is 0 Å². The van der Waals surface area contributed by atoms with Crippen LogP contribution >= 0.6 is 11.3 Å². The fraction of sp³-hybridized carbons (Fsp3) is 0.364. The Kier molecular flexibility index (Phi) is 7.06. The number of carbonyl (C=O) groups is 1. The molecule has 0 saturated heterocycles. The number of ether oxygens (including phenoxy) is 2. The fourth-order valence-electron chi connectivity index (χ4n) is 3.18. The monoisotopic (exact) mass is 414 g/mol. The van der Waals surface area contributed by atoms with Crippen LogP contribution in [0, 0.1) is 0 Å². The molecule has 1 amide bonds. The highest BCUT2D eigenvalue weighted by atomic mass is 32.1. The van der Waals surface area contributed by atoms with Crippen LogP contribution in [0.25, 0.3) is 10.2 Å². The summed E-state index contributed by atoms with van der Waals surface area (Å²) < 4.78 is 11.6. The predicted octanol–water partition coefficient (Wildman–Crippen LogP) is 2.89. The largest absolute Gasteiger partial charge is 0.497 e. The second-order valence-electron chi connectivity index (χ2n) is 6.72. The Morgan fingerprint density at radius 2 is 1.69 bits per heavy atom. The highest BCUT2D eigenvalue weighted by Crippen LogP contribution is 2.32. The van der Waals surface area contributed by atoms with Gasteiger partial charge in [-0.25, -0.2) is 4.98 Å². The van der Waals surface area contributed by atoms with Crippen LogP contribution < -0.4 is 19.3 Å². The molecule has 0 saturated carbocycles. The minimum atomic E-state index is -0.0507. The van der Waals surface area contributed by atoms with E-state index in [-0.39, 0.29) is 5.91 Å². The van der Waals surface area contributed by atoms with E-state index in [1.54, 1.807) is 31.3 Å². The molecule has 0 aliphatic heterocycles. The van der Waals surface area contributed by atoms with Gasteiger partial charge >= 0.3 is 0 Å². The van der Waals surface area contributed by atoms with Crippen molar-refractivity contribution in [1.82, 2.24) is 4.98 Å². The number of quaternary nitrogens is 1. The summed E-state index contributed by atoms with van der Waals surface area (Å²) in [4.78, 5) is 21.3. The minimum Gasteiger partial charge on any atom is -0.497 e. The van der Waals surface area contributed by atoms with Crippen LogP contribution in [0.2, 0.25) is 0 Å². The van der Waals surface area contributed by atoms with E-state index in [0.717, 1.165) is 41.3 Å². The number of hydrogen-bond acceptors (Lipinski definition) is 5. The summed E-state index contributed by atoms with van der Waals surface area (Å²) in [5, 5.41) is 0.709. The van der Waals surface area contributed by atoms with Crippen molar-refractivity contribution < 1.29 is 19.2 Å². The lowest BCUT2D eigenvalue weighted by atomic mass is 10.2. The second kappa shape index (κ2) is 9.71. The highest BCUT2D eigenvalue weighted by Gasteiger charge is 2.23. The maximum atomic E-state index is 13.4. The Balaban J connectivity index is 1.94. The maximum absolute atomic E-state index is 13.4. The first-order valence-electron chi connectivity index (χ1n) is 9.83. The van der Waals surface area contributed by atoms with Gasteiger partial charge < -0.3 is 14.4 Å². The van der Waals surface area contributed by atoms with Gasteiger partial charge in [-0.3, -0.25) is 9.69 Å². The molecule has 0 unspecified atom stereocenters. The molecular formula is C22H28N3O3S+. The van der Waals surface area contributed by atoms with Gasteiger partial charge in [-0.1, -0.05) is 11.3 Å². The average molecular weight is 415 g/mol. The molecule has 3 aromatic rings. The lowest BCUT2D eigenvalue weighted by Crippen LogP contribution is -3.12. The number of rotatable bonds is 9. The Hall–Kier alpha value is -2.64. The van der Waals surface area contributed by atoms with Crippen molar-refractivity contribution in [3.05, 3.63) is 48.0 Å². The number of amides is 1. The summed E-state index contributed by atoms with van der Waals surface area (Å²) in [6, 6.07) is 13.0. The molecule has 0 radical (unpaired) electrons. The SMILES string of the molecule is CC[NH+](CC)CCN(C(=O)c1ccc(OC)cc1)c1nc2cc(OC)ccc2s1. The Morgan fingerprint density at radius 3 is 2.31 bits per heavy atom. The number of nitrogens with zero attached hydrogens (tertiary/aromatic N) is 2. The molecule has 0 atom stereocenters. The standard InChI is InChI=1S/C22H27N3O3S/c1-5-24(6-2)13-14-25(21(26)16-7-9-17(27-3)10-8-16)22-23-19-15-18(28-4)11-12-20(19)29-22/h7-12,15H,5-6,13-14H2,1-4H3/p+1. The number of aromatic nitrogens is 1. The number of anilines is 1. The van der Waals surface area contributed by atoms with E-state index in [9.17, 15) is 4.79 Å². The van der Waals surface area contributed by atoms with Crippen LogP contribution in [0.4, 0.5) is 5.13 Å². The maximum Gasteiger partial charge on any atom is 0.260 e. The summed E-state index contributed by atoms with van der Waals surface area (Å²) in [6.45, 7) is 7.86. The van der Waals surface area contributed by atoms with E-state index in [1.165, 1.54) is 16.2 Å². The first kappa shape index (κ1) is 21.1. The number of fused-ring (bicyclic) bond motifs is 1. The molecule has 154 valence electrons. The topological polar surface area (TPSA) is 56.1 Å². The molecule has 6 nitrogen and oxygen atoms in total. The van der Waals surface area contributed by atoms with E-state index in [2.05, 4.69) is 13.8 Å². The molecule has 1 aromatic heterocycles. The third-order valence-electron chi connectivity index (χ3n) is 5.09. The summed E-state index contributed by atoms with van der Waals surface area (Å²) in [5.74, 6) is 1.44. The van der Waals surface area contributed by atoms with Gasteiger partial charge in [0.1, 0.15) is 11.5 Å². The zero-order valence-electron chi connectivity index (χ0n) is 17.4. The minimum absolute atomic E-state index is 0.0507. The van der Waals surface area contributed by atoms with Crippen LogP contribution in [0.1, 0.15) is 24.2 Å². The zero-order chi connectivity index (χ0) is 20.8. The Labute approximate surface area is 175 Å². The van der Waals surface area contributed by atoms with Crippen molar-refractivity contribution in [1.29, 1.82) is 0 Å². The van der Waals surface area contributed by atoms with Gasteiger partial charge in [0.15, 0.2) is 5.13 Å². The van der Waals surface area contributed by atoms with Crippen molar-refractivity contribution in [2.24, 2.45) is 0 Å². The quantitative estimate of drug-likeness (QED) is 0.585. The summed E-state index contributed by atoms with van der Waals surface area (Å²) in [7, 11) is 3.26. The molecule has 29 heavy (non-hydrogen) atoms. The van der Waals surface area contributed by atoms with E-state index >= 15 is 0 Å². The molecule has 7 heteroatoms. The van der Waals surface area contributed by atoms with E-state index < -0.39 is 0 Å². The number of carbonyl (C=O) groups excluding carboxylic acids is 1. The van der Waals surface area contributed by atoms with Crippen molar-refractivity contribution in [2.75, 3.05) is 45.3 Å². The van der Waals surface area contributed by atoms with Crippen LogP contribution in [0.5, 0.6) is 11.5 Å². The van der Waals surface area contributed by atoms with Gasteiger partial charge in [0.05, 0.1) is 50.6 Å². The molecule has 0 spiro atoms. The number of hydrogen-bond donors (Lipinski definition) is 1. The smallest absolute Gasteiger partial charge is 0.260 e. The fourth-order valence-corrected chi connectivity index (χ4v) is 4.15. The molecule has 2 aromatic carbocycles. The highest BCUT2D eigenvalue weighted by molar-refractivity contribution is 7.22. The predicted molar refractivity (Wildman–Crippen MR) is 118 cm³/mol. The Morgan fingerprint density at radius 1 is 1.03 bits per heavy atom. The summed E-state index contributed by atoms with van der Waals surface area (Å²) in [6.07, 6.45) is 0. The summed E-state index contributed by atoms with van der Waals surface area (Å²) in [5.41, 5.74) is 1.46. The van der Waals surface area contributed by atoms with Crippen molar-refractivity contribution >= 4 is 32.6 Å². The van der Waals surface area contributed by atoms with Crippen LogP contribution in [-0.2, 0) is 0 Å². The van der Waals surface area contributed by atoms with E-state index in [4.69, 9.17) is 14.5 Å². The van der Waals surface area contributed by atoms with Gasteiger partial charge in [-0.15, -0.1) is 0 Å². The third kappa shape index (κ3) is 4.86. The first-order valence-corrected chi connectivity index (χ1v) is 10.6. The normalized spacial score (nSPS) is 11.1. The van der Waals surface area contributed by atoms with E-state index in [1.807, 2.05) is 30.3 Å². The van der Waals surface area contributed by atoms with Gasteiger partial charge in [0.2, 0.25) is 0 Å². The molecule has 1 N–H and O–H groups in total. The molecule has 0 aliphatic carbocycles. The molecule has 3 rings (SSSR count). The molecular weight excluding hydrogens is 386 g/mol. The number of methoxy groups -OCH3 is 2. The van der Waals surface area contributed by atoms with Gasteiger partial charge in [-0.05, 0) is 50.2 Å². The van der Waals surface area contributed by atoms with Crippen molar-refractivity contribution in [3.63, 3.8) is 0 Å². The average Bonchev–Trinajstić information content (AvgIpc) is 3.19. The lowest BCUT2D eigenvalue weighted by molar-refractivity contribution is -0.894. The van der Waals surface area contributed by atoms with E-state index in [0.29, 0.717) is 17.2 Å². The Bertz CT molecular complexity index is 952. The molecule has 1 heterocycles. The molecule has 0 bridgehead atoms. The molecule has 0 fully saturated rings. The number of nitrogens with one attached hydrogen (secondary N) is 1. The van der Waals surface area contributed by atoms with Gasteiger partial charge in [0.25, 0.3) is 5.91 Å². The summed E-state index contributed by atoms with van der Waals surface area (Å²) >= 11 is 1.53. The lowest BCUT2D eigenvalue weighted by Gasteiger charge is -2.23. The van der Waals surface area contributed by atoms with Crippen molar-refractivity contribution in [2.45, 2.75) is 13.8 Å². The van der Waals surface area contributed by atoms with Crippen molar-refractivity contribution in [3.8, 4) is 11.5 Å². The number of thiazole rings is 1. The second-order valence-corrected chi connectivity index (χ2v) is 7.73. The number of likely N-dealkylation sites (N-methyl/N-ethyl adjacent to an activating group) is 1. The van der Waals surface area contributed by atoms with Crippen LogP contribution in [0.15, 0.2) is 42.5 Å². The first-order chi connectivity index (χ1) is 14.1. The van der Waals surface area contributed by atoms with Crippen LogP contribution in [-0.4, -0.2) is 51.3 Å². The number of benzene rings is 2.